The Labute approximate surface area is 327 Å². The van der Waals surface area contributed by atoms with Crippen LogP contribution in [-0.2, 0) is 39.7 Å². The molecule has 7 rings (SSSR count). The predicted octanol–water partition coefficient (Wildman–Crippen LogP) is 5.84. The molecule has 1 fully saturated rings. The van der Waals surface area contributed by atoms with E-state index in [2.05, 4.69) is 20.9 Å². The number of aromatic nitrogens is 2. The van der Waals surface area contributed by atoms with E-state index in [4.69, 9.17) is 33.2 Å². The third kappa shape index (κ3) is 7.31. The van der Waals surface area contributed by atoms with Gasteiger partial charge >= 0.3 is 23.9 Å². The molecule has 3 aromatic rings. The number of carbonyl (C=O) groups is 4. The van der Waals surface area contributed by atoms with Gasteiger partial charge in [0.1, 0.15) is 21.1 Å². The Morgan fingerprint density at radius 3 is 2.25 bits per heavy atom. The van der Waals surface area contributed by atoms with Crippen molar-refractivity contribution in [2.45, 2.75) is 101 Å². The van der Waals surface area contributed by atoms with Crippen LogP contribution in [0.25, 0.3) is 0 Å². The largest absolute Gasteiger partial charge is 0.497 e. The van der Waals surface area contributed by atoms with Gasteiger partial charge in [-0.2, -0.15) is 0 Å². The summed E-state index contributed by atoms with van der Waals surface area (Å²) < 4.78 is 41.2. The van der Waals surface area contributed by atoms with Gasteiger partial charge in [-0.05, 0) is 102 Å². The van der Waals surface area contributed by atoms with Crippen LogP contribution in [0.1, 0.15) is 100 Å². The van der Waals surface area contributed by atoms with Gasteiger partial charge in [-0.15, -0.1) is 22.7 Å². The number of hydrogen-bond donors (Lipinski definition) is 0. The summed E-state index contributed by atoms with van der Waals surface area (Å²) in [5, 5.41) is 0. The number of aryl methyl sites for hydroxylation is 2. The van der Waals surface area contributed by atoms with Crippen LogP contribution in [-0.4, -0.2) is 95.7 Å². The van der Waals surface area contributed by atoms with Gasteiger partial charge in [-0.3, -0.25) is 9.69 Å². The fourth-order valence-corrected chi connectivity index (χ4v) is 9.74. The van der Waals surface area contributed by atoms with Crippen molar-refractivity contribution in [1.29, 1.82) is 0 Å². The van der Waals surface area contributed by atoms with Crippen LogP contribution in [0.2, 0.25) is 0 Å². The molecule has 5 heterocycles. The number of benzene rings is 1. The first-order valence-corrected chi connectivity index (χ1v) is 20.0. The maximum absolute atomic E-state index is 15.0. The van der Waals surface area contributed by atoms with Crippen molar-refractivity contribution < 1.29 is 52.3 Å². The fourth-order valence-electron chi connectivity index (χ4n) is 8.38. The molecule has 1 saturated heterocycles. The zero-order valence-corrected chi connectivity index (χ0v) is 33.4. The summed E-state index contributed by atoms with van der Waals surface area (Å²) in [5.41, 5.74) is 2.40. The average molecular weight is 796 g/mol. The summed E-state index contributed by atoms with van der Waals surface area (Å²) in [6, 6.07) is 3.98. The smallest absolute Gasteiger partial charge is 0.352 e. The van der Waals surface area contributed by atoms with Crippen molar-refractivity contribution in [3.63, 3.8) is 0 Å². The molecule has 1 aromatic carbocycles. The molecule has 0 N–H and O–H groups in total. The zero-order chi connectivity index (χ0) is 39.1. The van der Waals surface area contributed by atoms with Gasteiger partial charge < -0.3 is 33.2 Å². The third-order valence-electron chi connectivity index (χ3n) is 11.1. The van der Waals surface area contributed by atoms with Crippen LogP contribution in [0.4, 0.5) is 0 Å². The standard InChI is InChI=1S/C39H45N3O11S2/c1-22-32(54-19-40-22)34(44)52-37(3,4)10-7-12-39(18-29(43)48-6,53-35(45)33-23(2)41-20-55-33)36(46)51-31-28(47-5)17-38-11-8-13-42(38)14-9-24-15-26-27(50-21-49-26)16-25(24)30(31)38/h15-17,19-20,30-31H,7-14,18,21H2,1-6H3. The maximum Gasteiger partial charge on any atom is 0.352 e. The molecule has 4 aliphatic rings. The highest BCUT2D eigenvalue weighted by molar-refractivity contribution is 7.12. The molecule has 16 heteroatoms. The van der Waals surface area contributed by atoms with Crippen LogP contribution in [0, 0.1) is 13.8 Å². The van der Waals surface area contributed by atoms with Crippen LogP contribution in [0.5, 0.6) is 11.5 Å². The molecule has 4 unspecified atom stereocenters. The molecule has 294 valence electrons. The Balaban J connectivity index is 1.24. The number of rotatable bonds is 13. The molecule has 3 aliphatic heterocycles. The Bertz CT molecular complexity index is 2020. The van der Waals surface area contributed by atoms with E-state index in [9.17, 15) is 14.4 Å². The van der Waals surface area contributed by atoms with Gasteiger partial charge in [0.25, 0.3) is 0 Å². The van der Waals surface area contributed by atoms with Gasteiger partial charge in [-0.25, -0.2) is 24.4 Å². The minimum Gasteiger partial charge on any atom is -0.497 e. The zero-order valence-electron chi connectivity index (χ0n) is 31.8. The topological polar surface area (TPSA) is 162 Å². The van der Waals surface area contributed by atoms with Crippen molar-refractivity contribution in [2.75, 3.05) is 34.1 Å². The molecule has 1 spiro atoms. The number of fused-ring (bicyclic) bond motifs is 3. The number of esters is 4. The normalized spacial score (nSPS) is 22.3. The molecule has 55 heavy (non-hydrogen) atoms. The van der Waals surface area contributed by atoms with Crippen LogP contribution in [0.15, 0.2) is 35.0 Å². The van der Waals surface area contributed by atoms with E-state index < -0.39 is 59.1 Å². The number of hydrogen-bond acceptors (Lipinski definition) is 16. The van der Waals surface area contributed by atoms with Crippen molar-refractivity contribution >= 4 is 46.6 Å². The molecule has 4 atom stereocenters. The van der Waals surface area contributed by atoms with Crippen LogP contribution < -0.4 is 9.47 Å². The van der Waals surface area contributed by atoms with Gasteiger partial charge in [0.05, 0.1) is 54.5 Å². The minimum absolute atomic E-state index is 0.113. The Hall–Kier alpha value is -4.54. The summed E-state index contributed by atoms with van der Waals surface area (Å²) in [4.78, 5) is 66.5. The SMILES string of the molecule is COC(=O)CC(CCCC(C)(C)OC(=O)c1scnc1C)(OC(=O)c1scnc1C)C(=O)OC1C(OC)=CC23CCCN2CCc2cc4c(cc2C13)OCO4. The minimum atomic E-state index is -2.14. The molecule has 0 amide bonds. The molecular weight excluding hydrogens is 751 g/mol. The van der Waals surface area contributed by atoms with E-state index >= 15 is 4.79 Å². The number of methoxy groups -OCH3 is 2. The summed E-state index contributed by atoms with van der Waals surface area (Å²) in [6.07, 6.45) is 3.27. The highest BCUT2D eigenvalue weighted by Gasteiger charge is 2.59. The van der Waals surface area contributed by atoms with Crippen molar-refractivity contribution in [1.82, 2.24) is 14.9 Å². The Morgan fingerprint density at radius 2 is 1.62 bits per heavy atom. The second-order valence-electron chi connectivity index (χ2n) is 15.0. The van der Waals surface area contributed by atoms with Gasteiger partial charge in [0.2, 0.25) is 12.4 Å². The Kier molecular flexibility index (Phi) is 10.7. The number of carbonyl (C=O) groups excluding carboxylic acids is 4. The van der Waals surface area contributed by atoms with E-state index in [1.807, 2.05) is 12.1 Å². The van der Waals surface area contributed by atoms with Crippen LogP contribution in [0.3, 0.4) is 0 Å². The maximum atomic E-state index is 15.0. The summed E-state index contributed by atoms with van der Waals surface area (Å²) in [5.74, 6) is -1.73. The van der Waals surface area contributed by atoms with Crippen molar-refractivity contribution in [3.05, 3.63) is 67.3 Å². The summed E-state index contributed by atoms with van der Waals surface area (Å²) in [6.45, 7) is 8.64. The number of thiazole rings is 2. The lowest BCUT2D eigenvalue weighted by Crippen LogP contribution is -2.51. The molecule has 0 saturated carbocycles. The molecule has 14 nitrogen and oxygen atoms in total. The number of ether oxygens (including phenoxy) is 7. The van der Waals surface area contributed by atoms with E-state index in [-0.39, 0.29) is 30.9 Å². The quantitative estimate of drug-likeness (QED) is 0.150. The first-order chi connectivity index (χ1) is 26.3. The van der Waals surface area contributed by atoms with Gasteiger partial charge in [0.15, 0.2) is 17.6 Å². The third-order valence-corrected chi connectivity index (χ3v) is 12.9. The first-order valence-electron chi connectivity index (χ1n) is 18.3. The second kappa shape index (κ2) is 15.2. The molecular formula is C39H45N3O11S2. The average Bonchev–Trinajstić information content (AvgIpc) is 3.98. The van der Waals surface area contributed by atoms with E-state index in [0.717, 1.165) is 54.8 Å². The van der Waals surface area contributed by atoms with Gasteiger partial charge in [0, 0.05) is 6.54 Å². The molecule has 0 bridgehead atoms. The molecule has 1 aliphatic carbocycles. The lowest BCUT2D eigenvalue weighted by molar-refractivity contribution is -0.179. The monoisotopic (exact) mass is 795 g/mol. The lowest BCUT2D eigenvalue weighted by Gasteiger charge is -2.40. The number of nitrogens with zero attached hydrogens (tertiary/aromatic N) is 3. The lowest BCUT2D eigenvalue weighted by atomic mass is 9.77. The predicted molar refractivity (Wildman–Crippen MR) is 199 cm³/mol. The van der Waals surface area contributed by atoms with E-state index in [0.29, 0.717) is 33.5 Å². The van der Waals surface area contributed by atoms with E-state index in [1.165, 1.54) is 24.0 Å². The fraction of sp³-hybridized carbons (Fsp3) is 0.538. The van der Waals surface area contributed by atoms with Crippen molar-refractivity contribution in [2.24, 2.45) is 0 Å². The van der Waals surface area contributed by atoms with Crippen LogP contribution >= 0.6 is 22.7 Å². The summed E-state index contributed by atoms with van der Waals surface area (Å²) >= 11 is 2.25. The van der Waals surface area contributed by atoms with E-state index in [1.54, 1.807) is 40.3 Å². The first kappa shape index (κ1) is 38.7. The highest BCUT2D eigenvalue weighted by Crippen LogP contribution is 2.56. The van der Waals surface area contributed by atoms with Crippen molar-refractivity contribution in [3.8, 4) is 11.5 Å². The molecule has 2 aromatic heterocycles. The summed E-state index contributed by atoms with van der Waals surface area (Å²) in [7, 11) is 2.74. The second-order valence-corrected chi connectivity index (χ2v) is 16.7. The Morgan fingerprint density at radius 1 is 0.945 bits per heavy atom. The van der Waals surface area contributed by atoms with Gasteiger partial charge in [-0.1, -0.05) is 0 Å². The molecule has 0 radical (unpaired) electrons. The highest BCUT2D eigenvalue weighted by atomic mass is 32.1.